The summed E-state index contributed by atoms with van der Waals surface area (Å²) in [6.45, 7) is 9.42. The van der Waals surface area contributed by atoms with Gasteiger partial charge in [0.2, 0.25) is 0 Å². The number of likely N-dealkylation sites (N-methyl/N-ethyl adjacent to an activating group) is 1. The maximum atomic E-state index is 11.8. The summed E-state index contributed by atoms with van der Waals surface area (Å²) in [4.78, 5) is 23.0. The van der Waals surface area contributed by atoms with Crippen molar-refractivity contribution >= 4 is 12.4 Å². The van der Waals surface area contributed by atoms with Crippen LogP contribution in [0.5, 0.6) is 0 Å². The van der Waals surface area contributed by atoms with Crippen molar-refractivity contribution in [3.63, 3.8) is 0 Å². The van der Waals surface area contributed by atoms with Crippen molar-refractivity contribution in [1.29, 1.82) is 0 Å². The van der Waals surface area contributed by atoms with Gasteiger partial charge in [-0.3, -0.25) is 4.79 Å². The second-order valence-electron chi connectivity index (χ2n) is 5.95. The van der Waals surface area contributed by atoms with E-state index >= 15 is 0 Å². The van der Waals surface area contributed by atoms with Crippen molar-refractivity contribution in [3.8, 4) is 0 Å². The van der Waals surface area contributed by atoms with Crippen LogP contribution < -0.4 is 5.26 Å². The Labute approximate surface area is 122 Å². The molecule has 0 rings (SSSR count). The molecule has 0 radical (unpaired) electrons. The summed E-state index contributed by atoms with van der Waals surface area (Å²) < 4.78 is 6.16. The lowest BCUT2D eigenvalue weighted by Crippen LogP contribution is -2.46. The highest BCUT2D eigenvalue weighted by atomic mass is 17.1. The molecule has 6 heteroatoms. The molecule has 120 valence electrons. The molecule has 0 heterocycles. The number of hydrogen-bond acceptors (Lipinski definition) is 5. The monoisotopic (exact) mass is 291 g/mol. The zero-order valence-electron chi connectivity index (χ0n) is 13.6. The van der Waals surface area contributed by atoms with Crippen molar-refractivity contribution in [2.75, 3.05) is 27.2 Å². The van der Waals surface area contributed by atoms with Gasteiger partial charge in [0.25, 0.3) is 6.47 Å². The van der Waals surface area contributed by atoms with Crippen LogP contribution in [-0.2, 0) is 19.2 Å². The first kappa shape index (κ1) is 21.2. The average molecular weight is 291 g/mol. The highest BCUT2D eigenvalue weighted by Gasteiger charge is 2.26. The number of ether oxygens (including phenoxy) is 1. The largest absolute Gasteiger partial charge is 0.662 e. The lowest BCUT2D eigenvalue weighted by Gasteiger charge is -2.31. The van der Waals surface area contributed by atoms with Crippen LogP contribution in [0.4, 0.5) is 0 Å². The molecule has 0 saturated heterocycles. The van der Waals surface area contributed by atoms with E-state index in [1.165, 1.54) is 0 Å². The first-order valence-corrected chi connectivity index (χ1v) is 6.90. The van der Waals surface area contributed by atoms with Crippen molar-refractivity contribution in [2.24, 2.45) is 0 Å². The van der Waals surface area contributed by atoms with Gasteiger partial charge in [0.15, 0.2) is 6.54 Å². The summed E-state index contributed by atoms with van der Waals surface area (Å²) in [7, 11) is 4.16. The van der Waals surface area contributed by atoms with Gasteiger partial charge in [-0.25, -0.2) is 4.79 Å². The van der Waals surface area contributed by atoms with E-state index in [1.54, 1.807) is 0 Å². The van der Waals surface area contributed by atoms with Gasteiger partial charge < -0.3 is 19.4 Å². The third kappa shape index (κ3) is 13.3. The second kappa shape index (κ2) is 10.6. The van der Waals surface area contributed by atoms with E-state index in [0.717, 1.165) is 25.8 Å². The molecule has 0 aromatic carbocycles. The van der Waals surface area contributed by atoms with Crippen LogP contribution in [0.25, 0.3) is 0 Å². The quantitative estimate of drug-likeness (QED) is 0.219. The fraction of sp³-hybridized carbons (Fsp3) is 0.857. The number of rotatable bonds is 8. The highest BCUT2D eigenvalue weighted by Crippen LogP contribution is 2.14. The second-order valence-corrected chi connectivity index (χ2v) is 5.95. The van der Waals surface area contributed by atoms with Crippen molar-refractivity contribution in [1.82, 2.24) is 0 Å². The van der Waals surface area contributed by atoms with E-state index < -0.39 is 0 Å². The van der Waals surface area contributed by atoms with E-state index in [4.69, 9.17) is 14.8 Å². The Kier molecular flexibility index (Phi) is 11.2. The Morgan fingerprint density at radius 1 is 1.30 bits per heavy atom. The molecule has 0 aliphatic heterocycles. The van der Waals surface area contributed by atoms with E-state index in [0.29, 0.717) is 11.0 Å². The molecule has 20 heavy (non-hydrogen) atoms. The van der Waals surface area contributed by atoms with Gasteiger partial charge in [0, 0.05) is 0 Å². The Morgan fingerprint density at radius 2 is 1.80 bits per heavy atom. The maximum absolute atomic E-state index is 11.8. The first-order chi connectivity index (χ1) is 9.14. The molecule has 0 atom stereocenters. The van der Waals surface area contributed by atoms with Gasteiger partial charge >= 0.3 is 5.97 Å². The standard InChI is InChI=1S/C13H28NO2.CH2O3/c1-7-9-10-14(5,6)11-12(15)16-13(3,4)8-2;2-1-4-3/h7-11H2,1-6H3;1,3H/q+1;/p-1. The maximum Gasteiger partial charge on any atom is 0.362 e. The number of unbranched alkanes of at least 4 members (excludes halogenated alkanes) is 1. The predicted octanol–water partition coefficient (Wildman–Crippen LogP) is 1.03. The summed E-state index contributed by atoms with van der Waals surface area (Å²) >= 11 is 0. The topological polar surface area (TPSA) is 75.7 Å². The van der Waals surface area contributed by atoms with Crippen LogP contribution >= 0.6 is 0 Å². The van der Waals surface area contributed by atoms with E-state index in [2.05, 4.69) is 25.9 Å². The van der Waals surface area contributed by atoms with Crippen LogP contribution in [0, 0.1) is 0 Å². The zero-order chi connectivity index (χ0) is 16.2. The summed E-state index contributed by atoms with van der Waals surface area (Å²) in [5, 5.41) is 8.43. The van der Waals surface area contributed by atoms with E-state index in [-0.39, 0.29) is 18.0 Å². The normalized spacial score (nSPS) is 11.2. The molecule has 0 amide bonds. The Morgan fingerprint density at radius 3 is 2.15 bits per heavy atom. The van der Waals surface area contributed by atoms with Crippen LogP contribution in [0.3, 0.4) is 0 Å². The molecule has 0 N–H and O–H groups in total. The number of carbonyl (C=O) groups is 2. The first-order valence-electron chi connectivity index (χ1n) is 6.90. The minimum absolute atomic E-state index is 0.0899. The molecular weight excluding hydrogens is 262 g/mol. The number of carbonyl (C=O) groups excluding carboxylic acids is 2. The third-order valence-electron chi connectivity index (χ3n) is 2.95. The SMILES string of the molecule is CCCC[N+](C)(C)CC(=O)OC(C)(C)CC.O=CO[O-]. The average Bonchev–Trinajstić information content (AvgIpc) is 2.35. The molecule has 0 aliphatic rings. The Balaban J connectivity index is 0. The third-order valence-corrected chi connectivity index (χ3v) is 2.95. The van der Waals surface area contributed by atoms with E-state index in [9.17, 15) is 4.79 Å². The smallest absolute Gasteiger partial charge is 0.362 e. The van der Waals surface area contributed by atoms with Crippen LogP contribution in [0.1, 0.15) is 47.0 Å². The number of nitrogens with zero attached hydrogens (tertiary/aromatic N) is 1. The molecule has 0 saturated carbocycles. The minimum atomic E-state index is -0.332. The summed E-state index contributed by atoms with van der Waals surface area (Å²) in [5.41, 5.74) is -0.332. The highest BCUT2D eigenvalue weighted by molar-refractivity contribution is 5.71. The molecule has 6 nitrogen and oxygen atoms in total. The Bertz CT molecular complexity index is 277. The number of hydrogen-bond donors (Lipinski definition) is 0. The summed E-state index contributed by atoms with van der Waals surface area (Å²) in [6, 6.07) is 0. The number of esters is 1. The summed E-state index contributed by atoms with van der Waals surface area (Å²) in [5.74, 6) is -0.0899. The summed E-state index contributed by atoms with van der Waals surface area (Å²) in [6.07, 6.45) is 3.16. The van der Waals surface area contributed by atoms with Crippen molar-refractivity contribution in [3.05, 3.63) is 0 Å². The van der Waals surface area contributed by atoms with Gasteiger partial charge in [0.1, 0.15) is 5.60 Å². The van der Waals surface area contributed by atoms with Gasteiger partial charge in [-0.1, -0.05) is 20.3 Å². The number of quaternary nitrogens is 1. The van der Waals surface area contributed by atoms with Gasteiger partial charge in [-0.2, -0.15) is 0 Å². The van der Waals surface area contributed by atoms with Crippen LogP contribution in [0.15, 0.2) is 0 Å². The molecule has 0 spiro atoms. The van der Waals surface area contributed by atoms with Gasteiger partial charge in [-0.05, 0) is 26.7 Å². The minimum Gasteiger partial charge on any atom is -0.662 e. The van der Waals surface area contributed by atoms with Crippen molar-refractivity contribution < 1.29 is 29.0 Å². The molecular formula is C14H29NO5. The van der Waals surface area contributed by atoms with E-state index in [1.807, 2.05) is 20.8 Å². The van der Waals surface area contributed by atoms with Gasteiger partial charge in [0.05, 0.1) is 20.6 Å². The Hall–Kier alpha value is -1.14. The predicted molar refractivity (Wildman–Crippen MR) is 74.4 cm³/mol. The van der Waals surface area contributed by atoms with Crippen LogP contribution in [0.2, 0.25) is 0 Å². The molecule has 0 aromatic heterocycles. The van der Waals surface area contributed by atoms with Crippen molar-refractivity contribution in [2.45, 2.75) is 52.6 Å². The molecule has 0 aliphatic carbocycles. The molecule has 0 unspecified atom stereocenters. The lowest BCUT2D eigenvalue weighted by molar-refractivity contribution is -0.883. The molecule has 0 fully saturated rings. The lowest BCUT2D eigenvalue weighted by atomic mass is 10.1. The zero-order valence-corrected chi connectivity index (χ0v) is 13.6. The molecule has 0 bridgehead atoms. The fourth-order valence-corrected chi connectivity index (χ4v) is 1.43. The van der Waals surface area contributed by atoms with Gasteiger partial charge in [-0.15, -0.1) is 0 Å². The van der Waals surface area contributed by atoms with Crippen LogP contribution in [-0.4, -0.2) is 49.7 Å². The fourth-order valence-electron chi connectivity index (χ4n) is 1.43. The molecule has 0 aromatic rings.